The number of benzene rings is 1. The van der Waals surface area contributed by atoms with Gasteiger partial charge in [0.15, 0.2) is 0 Å². The monoisotopic (exact) mass is 263 g/mol. The highest BCUT2D eigenvalue weighted by molar-refractivity contribution is 7.80. The summed E-state index contributed by atoms with van der Waals surface area (Å²) in [5.74, 6) is 2.43. The number of hydrogen-bond donors (Lipinski definition) is 1. The third-order valence-electron chi connectivity index (χ3n) is 4.10. The second-order valence-corrected chi connectivity index (χ2v) is 6.16. The van der Waals surface area contributed by atoms with E-state index in [4.69, 9.17) is 0 Å². The predicted octanol–water partition coefficient (Wildman–Crippen LogP) is 3.64. The molecule has 1 aromatic carbocycles. The van der Waals surface area contributed by atoms with Crippen LogP contribution in [0.5, 0.6) is 0 Å². The summed E-state index contributed by atoms with van der Waals surface area (Å²) in [6, 6.07) is 8.91. The Morgan fingerprint density at radius 2 is 1.94 bits per heavy atom. The van der Waals surface area contributed by atoms with Gasteiger partial charge in [-0.15, -0.1) is 0 Å². The number of rotatable bonds is 4. The number of thiol groups is 1. The topological polar surface area (TPSA) is 3.24 Å². The molecule has 0 bridgehead atoms. The molecule has 0 amide bonds. The Bertz CT molecular complexity index is 375. The van der Waals surface area contributed by atoms with E-state index in [1.807, 2.05) is 0 Å². The lowest BCUT2D eigenvalue weighted by Gasteiger charge is -2.28. The molecule has 1 aromatic rings. The van der Waals surface area contributed by atoms with Crippen molar-refractivity contribution >= 4 is 12.6 Å². The molecule has 1 nitrogen and oxygen atoms in total. The van der Waals surface area contributed by atoms with Crippen LogP contribution in [0.15, 0.2) is 24.3 Å². The lowest BCUT2D eigenvalue weighted by Crippen LogP contribution is -2.32. The Morgan fingerprint density at radius 3 is 2.61 bits per heavy atom. The summed E-state index contributed by atoms with van der Waals surface area (Å²) in [4.78, 5) is 2.62. The van der Waals surface area contributed by atoms with Crippen LogP contribution in [-0.2, 0) is 13.0 Å². The van der Waals surface area contributed by atoms with Gasteiger partial charge in [0.25, 0.3) is 0 Å². The van der Waals surface area contributed by atoms with Crippen LogP contribution in [0.1, 0.15) is 31.4 Å². The van der Waals surface area contributed by atoms with E-state index in [1.54, 1.807) is 5.56 Å². The van der Waals surface area contributed by atoms with Crippen LogP contribution < -0.4 is 0 Å². The third-order valence-corrected chi connectivity index (χ3v) is 4.57. The molecule has 18 heavy (non-hydrogen) atoms. The average Bonchev–Trinajstić information content (AvgIpc) is 2.57. The highest BCUT2D eigenvalue weighted by atomic mass is 32.1. The van der Waals surface area contributed by atoms with Gasteiger partial charge in [0.2, 0.25) is 0 Å². The molecule has 0 spiro atoms. The highest BCUT2D eigenvalue weighted by Gasteiger charge is 2.19. The first-order valence-electron chi connectivity index (χ1n) is 7.10. The van der Waals surface area contributed by atoms with Crippen molar-refractivity contribution in [3.8, 4) is 0 Å². The molecule has 0 saturated carbocycles. The second-order valence-electron chi connectivity index (χ2n) is 5.79. The summed E-state index contributed by atoms with van der Waals surface area (Å²) in [7, 11) is 0. The van der Waals surface area contributed by atoms with Crippen molar-refractivity contribution < 1.29 is 0 Å². The lowest BCUT2D eigenvalue weighted by atomic mass is 9.97. The smallest absolute Gasteiger partial charge is 0.0236 e. The summed E-state index contributed by atoms with van der Waals surface area (Å²) >= 11 is 4.51. The van der Waals surface area contributed by atoms with Crippen molar-refractivity contribution in [1.29, 1.82) is 0 Å². The highest BCUT2D eigenvalue weighted by Crippen LogP contribution is 2.21. The van der Waals surface area contributed by atoms with Crippen molar-refractivity contribution in [2.75, 3.05) is 18.8 Å². The van der Waals surface area contributed by atoms with Gasteiger partial charge < -0.3 is 0 Å². The molecule has 0 aromatic heterocycles. The van der Waals surface area contributed by atoms with E-state index in [0.29, 0.717) is 5.92 Å². The predicted molar refractivity (Wildman–Crippen MR) is 82.2 cm³/mol. The zero-order valence-corrected chi connectivity index (χ0v) is 12.5. The molecule has 0 fully saturated rings. The first kappa shape index (κ1) is 14.0. The summed E-state index contributed by atoms with van der Waals surface area (Å²) in [6.45, 7) is 8.16. The SMILES string of the molecule is CC(C)C(CS)CN1CCCc2ccccc2C1. The van der Waals surface area contributed by atoms with E-state index >= 15 is 0 Å². The Balaban J connectivity index is 2.03. The minimum absolute atomic E-state index is 0.707. The van der Waals surface area contributed by atoms with Gasteiger partial charge in [-0.25, -0.2) is 0 Å². The maximum atomic E-state index is 4.51. The Morgan fingerprint density at radius 1 is 1.22 bits per heavy atom. The minimum Gasteiger partial charge on any atom is -0.299 e. The number of nitrogens with zero attached hydrogens (tertiary/aromatic N) is 1. The third kappa shape index (κ3) is 3.52. The molecule has 1 atom stereocenters. The number of aryl methyl sites for hydroxylation is 1. The van der Waals surface area contributed by atoms with Gasteiger partial charge >= 0.3 is 0 Å². The number of hydrogen-bond acceptors (Lipinski definition) is 2. The molecule has 1 aliphatic rings. The van der Waals surface area contributed by atoms with E-state index in [9.17, 15) is 0 Å². The van der Waals surface area contributed by atoms with Gasteiger partial charge in [0.05, 0.1) is 0 Å². The second kappa shape index (κ2) is 6.63. The molecular formula is C16H25NS. The van der Waals surface area contributed by atoms with E-state index in [2.05, 4.69) is 55.6 Å². The van der Waals surface area contributed by atoms with E-state index in [-0.39, 0.29) is 0 Å². The summed E-state index contributed by atoms with van der Waals surface area (Å²) < 4.78 is 0. The molecule has 0 aliphatic carbocycles. The summed E-state index contributed by atoms with van der Waals surface area (Å²) in [5, 5.41) is 0. The van der Waals surface area contributed by atoms with Gasteiger partial charge in [-0.1, -0.05) is 38.1 Å². The minimum atomic E-state index is 0.707. The van der Waals surface area contributed by atoms with Crippen molar-refractivity contribution in [1.82, 2.24) is 4.90 Å². The summed E-state index contributed by atoms with van der Waals surface area (Å²) in [5.41, 5.74) is 3.07. The lowest BCUT2D eigenvalue weighted by molar-refractivity contribution is 0.209. The van der Waals surface area contributed by atoms with Crippen molar-refractivity contribution in [3.05, 3.63) is 35.4 Å². The fourth-order valence-corrected chi connectivity index (χ4v) is 3.27. The molecular weight excluding hydrogens is 238 g/mol. The average molecular weight is 263 g/mol. The molecule has 0 radical (unpaired) electrons. The maximum absolute atomic E-state index is 4.51. The van der Waals surface area contributed by atoms with E-state index < -0.39 is 0 Å². The van der Waals surface area contributed by atoms with Crippen LogP contribution in [0, 0.1) is 11.8 Å². The first-order valence-corrected chi connectivity index (χ1v) is 7.74. The fourth-order valence-electron chi connectivity index (χ4n) is 2.74. The number of fused-ring (bicyclic) bond motifs is 1. The Kier molecular flexibility index (Phi) is 5.13. The summed E-state index contributed by atoms with van der Waals surface area (Å²) in [6.07, 6.45) is 2.52. The molecule has 0 saturated heterocycles. The molecule has 100 valence electrons. The Hall–Kier alpha value is -0.470. The zero-order chi connectivity index (χ0) is 13.0. The molecule has 1 unspecified atom stereocenters. The first-order chi connectivity index (χ1) is 8.70. The van der Waals surface area contributed by atoms with Crippen molar-refractivity contribution in [2.45, 2.75) is 33.2 Å². The van der Waals surface area contributed by atoms with Crippen LogP contribution in [0.2, 0.25) is 0 Å². The maximum Gasteiger partial charge on any atom is 0.0236 e. The van der Waals surface area contributed by atoms with Crippen LogP contribution in [0.3, 0.4) is 0 Å². The van der Waals surface area contributed by atoms with E-state index in [1.165, 1.54) is 31.5 Å². The van der Waals surface area contributed by atoms with Crippen molar-refractivity contribution in [2.24, 2.45) is 11.8 Å². The van der Waals surface area contributed by atoms with Gasteiger partial charge in [-0.05, 0) is 48.1 Å². The normalized spacial score (nSPS) is 18.4. The van der Waals surface area contributed by atoms with Crippen LogP contribution in [0.4, 0.5) is 0 Å². The van der Waals surface area contributed by atoms with Crippen LogP contribution >= 0.6 is 12.6 Å². The van der Waals surface area contributed by atoms with Gasteiger partial charge in [-0.3, -0.25) is 4.90 Å². The van der Waals surface area contributed by atoms with Crippen molar-refractivity contribution in [3.63, 3.8) is 0 Å². The molecule has 0 N–H and O–H groups in total. The van der Waals surface area contributed by atoms with Gasteiger partial charge in [0.1, 0.15) is 0 Å². The largest absolute Gasteiger partial charge is 0.299 e. The van der Waals surface area contributed by atoms with Crippen LogP contribution in [-0.4, -0.2) is 23.7 Å². The molecule has 1 aliphatic heterocycles. The quantitative estimate of drug-likeness (QED) is 0.812. The standard InChI is InChI=1S/C16H25NS/c1-13(2)16(12-18)11-17-9-5-8-14-6-3-4-7-15(14)10-17/h3-4,6-7,13,16,18H,5,8-12H2,1-2H3. The Labute approximate surface area is 117 Å². The van der Waals surface area contributed by atoms with E-state index in [0.717, 1.165) is 18.2 Å². The molecule has 1 heterocycles. The van der Waals surface area contributed by atoms with Gasteiger partial charge in [0, 0.05) is 13.1 Å². The molecule has 2 rings (SSSR count). The fraction of sp³-hybridized carbons (Fsp3) is 0.625. The molecule has 2 heteroatoms. The zero-order valence-electron chi connectivity index (χ0n) is 11.6. The van der Waals surface area contributed by atoms with Gasteiger partial charge in [-0.2, -0.15) is 12.6 Å². The van der Waals surface area contributed by atoms with Crippen LogP contribution in [0.25, 0.3) is 0 Å².